The van der Waals surface area contributed by atoms with E-state index in [9.17, 15) is 0 Å². The molecule has 19 heavy (non-hydrogen) atoms. The zero-order valence-corrected chi connectivity index (χ0v) is 14.3. The monoisotopic (exact) mass is 385 g/mol. The summed E-state index contributed by atoms with van der Waals surface area (Å²) in [6.07, 6.45) is 0. The van der Waals surface area contributed by atoms with Gasteiger partial charge in [0.05, 0.1) is 6.67 Å². The average Bonchev–Trinajstić information content (AvgIpc) is 2.23. The molecule has 1 rings (SSSR count). The van der Waals surface area contributed by atoms with Crippen LogP contribution in [-0.2, 0) is 7.59 Å². The first-order valence-corrected chi connectivity index (χ1v) is 7.06. The lowest BCUT2D eigenvalue weighted by molar-refractivity contribution is 0.438. The predicted octanol–water partition coefficient (Wildman–Crippen LogP) is 3.46. The molecule has 0 amide bonds. The topological polar surface area (TPSA) is 53.9 Å². The summed E-state index contributed by atoms with van der Waals surface area (Å²) in [5.74, 6) is -0.114. The molecule has 0 aliphatic heterocycles. The summed E-state index contributed by atoms with van der Waals surface area (Å²) in [6.45, 7) is 0.447. The standard InChI is InChI=1S/C8H9Cl6N5/c1-19(2)3-15-6-17-4(7(9,10)11)16-5(18-6)8(12,13)14/h3H2,1-2H3,(H,15,16,17,18). The molecule has 108 valence electrons. The van der Waals surface area contributed by atoms with Crippen LogP contribution in [0.1, 0.15) is 11.6 Å². The number of aromatic nitrogens is 3. The van der Waals surface area contributed by atoms with Crippen molar-refractivity contribution in [1.29, 1.82) is 0 Å². The van der Waals surface area contributed by atoms with Crippen molar-refractivity contribution < 1.29 is 0 Å². The summed E-state index contributed by atoms with van der Waals surface area (Å²) >= 11 is 34.4. The molecular formula is C8H9Cl6N5. The van der Waals surface area contributed by atoms with Crippen molar-refractivity contribution in [2.75, 3.05) is 26.1 Å². The molecule has 0 aromatic carbocycles. The van der Waals surface area contributed by atoms with E-state index >= 15 is 0 Å². The molecule has 0 aliphatic rings. The summed E-state index contributed by atoms with van der Waals surface area (Å²) in [5.41, 5.74) is 0. The number of nitrogens with one attached hydrogen (secondary N) is 1. The number of nitrogens with zero attached hydrogens (tertiary/aromatic N) is 4. The minimum Gasteiger partial charge on any atom is -0.341 e. The summed E-state index contributed by atoms with van der Waals surface area (Å²) in [5, 5.41) is 2.88. The van der Waals surface area contributed by atoms with Gasteiger partial charge in [-0.25, -0.2) is 4.98 Å². The second-order valence-electron chi connectivity index (χ2n) is 3.72. The van der Waals surface area contributed by atoms with Gasteiger partial charge in [0.25, 0.3) is 0 Å². The Morgan fingerprint density at radius 1 is 0.895 bits per heavy atom. The molecule has 0 fully saturated rings. The summed E-state index contributed by atoms with van der Waals surface area (Å²) in [4.78, 5) is 13.6. The highest BCUT2D eigenvalue weighted by Crippen LogP contribution is 2.40. The Balaban J connectivity index is 3.17. The largest absolute Gasteiger partial charge is 0.341 e. The maximum absolute atomic E-state index is 5.73. The number of anilines is 1. The molecule has 0 unspecified atom stereocenters. The molecule has 0 saturated heterocycles. The summed E-state index contributed by atoms with van der Waals surface area (Å²) in [7, 11) is 3.69. The zero-order chi connectivity index (χ0) is 14.8. The number of rotatable bonds is 3. The Morgan fingerprint density at radius 3 is 1.63 bits per heavy atom. The highest BCUT2D eigenvalue weighted by Gasteiger charge is 2.33. The smallest absolute Gasteiger partial charge is 0.250 e. The molecule has 0 saturated carbocycles. The van der Waals surface area contributed by atoms with Gasteiger partial charge in [-0.2, -0.15) is 9.97 Å². The first kappa shape index (κ1) is 17.6. The van der Waals surface area contributed by atoms with Crippen LogP contribution in [0.3, 0.4) is 0 Å². The quantitative estimate of drug-likeness (QED) is 0.635. The summed E-state index contributed by atoms with van der Waals surface area (Å²) < 4.78 is -3.69. The molecule has 1 aromatic rings. The molecule has 11 heteroatoms. The number of halogens is 6. The van der Waals surface area contributed by atoms with E-state index in [2.05, 4.69) is 20.3 Å². The van der Waals surface area contributed by atoms with Crippen LogP contribution in [0.2, 0.25) is 0 Å². The van der Waals surface area contributed by atoms with Gasteiger partial charge >= 0.3 is 0 Å². The van der Waals surface area contributed by atoms with Gasteiger partial charge in [0.2, 0.25) is 13.5 Å². The third-order valence-electron chi connectivity index (χ3n) is 1.70. The molecule has 0 bridgehead atoms. The predicted molar refractivity (Wildman–Crippen MR) is 80.5 cm³/mol. The van der Waals surface area contributed by atoms with Gasteiger partial charge in [0.15, 0.2) is 11.6 Å². The lowest BCUT2D eigenvalue weighted by atomic mass is 10.6. The van der Waals surface area contributed by atoms with Crippen molar-refractivity contribution in [3.05, 3.63) is 11.6 Å². The molecular weight excluding hydrogens is 379 g/mol. The van der Waals surface area contributed by atoms with Gasteiger partial charge in [0, 0.05) is 0 Å². The molecule has 0 aliphatic carbocycles. The molecule has 1 N–H and O–H groups in total. The van der Waals surface area contributed by atoms with E-state index in [0.29, 0.717) is 6.67 Å². The lowest BCUT2D eigenvalue weighted by Gasteiger charge is -2.17. The van der Waals surface area contributed by atoms with Gasteiger partial charge in [-0.15, -0.1) is 0 Å². The van der Waals surface area contributed by atoms with Crippen LogP contribution in [0.25, 0.3) is 0 Å². The second kappa shape index (κ2) is 6.52. The summed E-state index contributed by atoms with van der Waals surface area (Å²) in [6, 6.07) is 0. The van der Waals surface area contributed by atoms with E-state index in [1.807, 2.05) is 19.0 Å². The Labute approximate surface area is 140 Å². The highest BCUT2D eigenvalue weighted by molar-refractivity contribution is 6.67. The van der Waals surface area contributed by atoms with Crippen molar-refractivity contribution in [3.8, 4) is 0 Å². The molecule has 0 spiro atoms. The zero-order valence-electron chi connectivity index (χ0n) is 9.76. The van der Waals surface area contributed by atoms with Crippen LogP contribution >= 0.6 is 69.6 Å². The Kier molecular flexibility index (Phi) is 6.02. The minimum absolute atomic E-state index is 0.130. The van der Waals surface area contributed by atoms with E-state index in [1.165, 1.54) is 0 Å². The third kappa shape index (κ3) is 5.79. The van der Waals surface area contributed by atoms with Crippen molar-refractivity contribution in [3.63, 3.8) is 0 Å². The third-order valence-corrected chi connectivity index (χ3v) is 2.71. The molecule has 0 atom stereocenters. The van der Waals surface area contributed by atoms with Gasteiger partial charge in [-0.05, 0) is 14.1 Å². The number of hydrogen-bond donors (Lipinski definition) is 1. The molecule has 5 nitrogen and oxygen atoms in total. The van der Waals surface area contributed by atoms with Crippen LogP contribution in [0.4, 0.5) is 5.95 Å². The first-order valence-electron chi connectivity index (χ1n) is 4.79. The van der Waals surface area contributed by atoms with Crippen LogP contribution in [0, 0.1) is 0 Å². The van der Waals surface area contributed by atoms with Crippen molar-refractivity contribution >= 4 is 75.6 Å². The maximum atomic E-state index is 5.73. The second-order valence-corrected chi connectivity index (χ2v) is 8.28. The highest BCUT2D eigenvalue weighted by atomic mass is 35.6. The number of hydrogen-bond acceptors (Lipinski definition) is 5. The molecule has 1 heterocycles. The van der Waals surface area contributed by atoms with Crippen LogP contribution in [0.5, 0.6) is 0 Å². The van der Waals surface area contributed by atoms with Gasteiger partial charge in [0.1, 0.15) is 0 Å². The average molecular weight is 388 g/mol. The number of alkyl halides is 6. The molecule has 0 radical (unpaired) electrons. The van der Waals surface area contributed by atoms with Crippen LogP contribution in [-0.4, -0.2) is 40.6 Å². The van der Waals surface area contributed by atoms with Crippen molar-refractivity contribution in [2.24, 2.45) is 0 Å². The van der Waals surface area contributed by atoms with Crippen molar-refractivity contribution in [1.82, 2.24) is 19.9 Å². The fourth-order valence-electron chi connectivity index (χ4n) is 0.937. The minimum atomic E-state index is -1.85. The lowest BCUT2D eigenvalue weighted by Crippen LogP contribution is -2.24. The van der Waals surface area contributed by atoms with Gasteiger partial charge in [-0.1, -0.05) is 69.6 Å². The Bertz CT molecular complexity index is 408. The SMILES string of the molecule is CN(C)CNc1nc(C(Cl)(Cl)Cl)nc(C(Cl)(Cl)Cl)n1. The fraction of sp³-hybridized carbons (Fsp3) is 0.625. The molecule has 1 aromatic heterocycles. The van der Waals surface area contributed by atoms with Gasteiger partial charge in [-0.3, -0.25) is 4.90 Å². The van der Waals surface area contributed by atoms with E-state index in [4.69, 9.17) is 69.6 Å². The normalized spacial score (nSPS) is 12.9. The van der Waals surface area contributed by atoms with E-state index in [0.717, 1.165) is 0 Å². The first-order chi connectivity index (χ1) is 8.50. The van der Waals surface area contributed by atoms with E-state index in [1.54, 1.807) is 0 Å². The fourth-order valence-corrected chi connectivity index (χ4v) is 1.44. The van der Waals surface area contributed by atoms with Crippen LogP contribution < -0.4 is 5.32 Å². The van der Waals surface area contributed by atoms with E-state index < -0.39 is 7.59 Å². The maximum Gasteiger partial charge on any atom is 0.250 e. The van der Waals surface area contributed by atoms with Gasteiger partial charge < -0.3 is 5.32 Å². The van der Waals surface area contributed by atoms with Crippen molar-refractivity contribution in [2.45, 2.75) is 7.59 Å². The van der Waals surface area contributed by atoms with Crippen LogP contribution in [0.15, 0.2) is 0 Å². The van der Waals surface area contributed by atoms with E-state index in [-0.39, 0.29) is 17.6 Å². The Morgan fingerprint density at radius 2 is 1.32 bits per heavy atom. The Hall–Kier alpha value is 0.510.